The van der Waals surface area contributed by atoms with Crippen molar-refractivity contribution in [1.29, 1.82) is 0 Å². The molecule has 4 aromatic rings. The largest absolute Gasteiger partial charge is 0.382 e. The minimum absolute atomic E-state index is 0.00748. The minimum atomic E-state index is -0.758. The van der Waals surface area contributed by atoms with E-state index in [9.17, 15) is 9.18 Å². The monoisotopic (exact) mass is 493 g/mol. The first-order chi connectivity index (χ1) is 17.4. The number of carbonyl (C=O) groups excluding carboxylic acids is 1. The Bertz CT molecular complexity index is 1430. The number of nitrogen functional groups attached to an aromatic ring is 1. The van der Waals surface area contributed by atoms with Gasteiger partial charge in [0, 0.05) is 25.2 Å². The molecule has 36 heavy (non-hydrogen) atoms. The molecular formula is C25H25F2N7O2. The molecule has 2 amide bonds. The van der Waals surface area contributed by atoms with Gasteiger partial charge >= 0.3 is 6.03 Å². The molecule has 3 heterocycles. The number of anilines is 3. The van der Waals surface area contributed by atoms with E-state index < -0.39 is 17.7 Å². The zero-order valence-corrected chi connectivity index (χ0v) is 19.6. The third-order valence-electron chi connectivity index (χ3n) is 6.04. The number of hydrogen-bond acceptors (Lipinski definition) is 6. The molecule has 1 saturated heterocycles. The van der Waals surface area contributed by atoms with Crippen molar-refractivity contribution in [3.05, 3.63) is 71.7 Å². The van der Waals surface area contributed by atoms with E-state index >= 15 is 4.39 Å². The molecule has 0 unspecified atom stereocenters. The first-order valence-corrected chi connectivity index (χ1v) is 11.4. The van der Waals surface area contributed by atoms with Crippen molar-refractivity contribution in [1.82, 2.24) is 19.5 Å². The summed E-state index contributed by atoms with van der Waals surface area (Å²) in [4.78, 5) is 18.7. The van der Waals surface area contributed by atoms with E-state index in [0.717, 1.165) is 24.3 Å². The molecule has 5 rings (SSSR count). The highest BCUT2D eigenvalue weighted by Gasteiger charge is 2.20. The van der Waals surface area contributed by atoms with Gasteiger partial charge in [-0.2, -0.15) is 5.10 Å². The fourth-order valence-electron chi connectivity index (χ4n) is 4.25. The highest BCUT2D eigenvalue weighted by Crippen LogP contribution is 2.33. The Hall–Kier alpha value is -4.09. The van der Waals surface area contributed by atoms with Crippen molar-refractivity contribution in [3.63, 3.8) is 0 Å². The molecule has 0 spiro atoms. The molecule has 0 aliphatic carbocycles. The number of nitrogens with two attached hydrogens (primary N) is 1. The van der Waals surface area contributed by atoms with E-state index in [0.29, 0.717) is 36.4 Å². The molecule has 4 N–H and O–H groups in total. The van der Waals surface area contributed by atoms with Crippen LogP contribution in [0.25, 0.3) is 16.6 Å². The lowest BCUT2D eigenvalue weighted by Crippen LogP contribution is -2.36. The molecule has 186 valence electrons. The number of amides is 2. The summed E-state index contributed by atoms with van der Waals surface area (Å²) in [5, 5.41) is 9.20. The summed E-state index contributed by atoms with van der Waals surface area (Å²) < 4.78 is 36.2. The molecule has 2 aromatic heterocycles. The summed E-state index contributed by atoms with van der Waals surface area (Å²) in [5.41, 5.74) is 9.60. The number of halogens is 2. The lowest BCUT2D eigenvalue weighted by Gasteiger charge is -2.26. The number of rotatable bonds is 5. The van der Waals surface area contributed by atoms with Crippen molar-refractivity contribution in [2.45, 2.75) is 13.5 Å². The Balaban J connectivity index is 1.41. The van der Waals surface area contributed by atoms with E-state index in [-0.39, 0.29) is 17.2 Å². The number of urea groups is 1. The van der Waals surface area contributed by atoms with Gasteiger partial charge in [-0.1, -0.05) is 12.1 Å². The van der Waals surface area contributed by atoms with Gasteiger partial charge in [-0.15, -0.1) is 0 Å². The normalized spacial score (nSPS) is 14.2. The fourth-order valence-corrected chi connectivity index (χ4v) is 4.25. The van der Waals surface area contributed by atoms with Gasteiger partial charge in [0.15, 0.2) is 5.82 Å². The fraction of sp³-hybridized carbons (Fsp3) is 0.240. The van der Waals surface area contributed by atoms with Gasteiger partial charge in [0.1, 0.15) is 23.5 Å². The van der Waals surface area contributed by atoms with E-state index in [2.05, 4.69) is 25.6 Å². The highest BCUT2D eigenvalue weighted by atomic mass is 19.1. The van der Waals surface area contributed by atoms with Gasteiger partial charge in [-0.3, -0.25) is 4.90 Å². The number of fused-ring (bicyclic) bond motifs is 1. The van der Waals surface area contributed by atoms with Crippen LogP contribution in [0, 0.1) is 18.6 Å². The van der Waals surface area contributed by atoms with Gasteiger partial charge in [0.25, 0.3) is 0 Å². The Morgan fingerprint density at radius 1 is 1.06 bits per heavy atom. The van der Waals surface area contributed by atoms with Crippen LogP contribution in [0.2, 0.25) is 0 Å². The van der Waals surface area contributed by atoms with E-state index in [1.165, 1.54) is 30.6 Å². The number of carbonyl (C=O) groups is 1. The smallest absolute Gasteiger partial charge is 0.323 e. The number of nitrogens with one attached hydrogen (secondary N) is 2. The van der Waals surface area contributed by atoms with Crippen molar-refractivity contribution in [2.24, 2.45) is 0 Å². The van der Waals surface area contributed by atoms with Gasteiger partial charge in [-0.05, 0) is 48.4 Å². The number of hydrogen-bond donors (Lipinski definition) is 3. The SMILES string of the molecule is Cc1ccc(F)c(NC(=O)Nc2ccc(-c3cc(CN4CCOCC4)n4ncnc(N)c34)cc2F)c1. The highest BCUT2D eigenvalue weighted by molar-refractivity contribution is 6.00. The van der Waals surface area contributed by atoms with Gasteiger partial charge in [0.05, 0.1) is 30.3 Å². The second-order valence-corrected chi connectivity index (χ2v) is 8.60. The van der Waals surface area contributed by atoms with Crippen LogP contribution in [0.15, 0.2) is 48.8 Å². The predicted molar refractivity (Wildman–Crippen MR) is 133 cm³/mol. The van der Waals surface area contributed by atoms with Gasteiger partial charge in [0.2, 0.25) is 0 Å². The number of benzene rings is 2. The second kappa shape index (κ2) is 9.88. The molecular weight excluding hydrogens is 468 g/mol. The van der Waals surface area contributed by atoms with Crippen LogP contribution in [0.5, 0.6) is 0 Å². The Labute approximate surface area is 205 Å². The summed E-state index contributed by atoms with van der Waals surface area (Å²) in [5.74, 6) is -0.966. The molecule has 9 nitrogen and oxygen atoms in total. The third kappa shape index (κ3) is 4.83. The van der Waals surface area contributed by atoms with Crippen LogP contribution in [0.1, 0.15) is 11.3 Å². The first-order valence-electron chi connectivity index (χ1n) is 11.4. The molecule has 0 atom stereocenters. The second-order valence-electron chi connectivity index (χ2n) is 8.60. The average molecular weight is 494 g/mol. The summed E-state index contributed by atoms with van der Waals surface area (Å²) in [7, 11) is 0. The maximum absolute atomic E-state index is 15.1. The first kappa shape index (κ1) is 23.6. The van der Waals surface area contributed by atoms with Crippen LogP contribution < -0.4 is 16.4 Å². The minimum Gasteiger partial charge on any atom is -0.382 e. The molecule has 1 aliphatic heterocycles. The van der Waals surface area contributed by atoms with Crippen LogP contribution in [0.3, 0.4) is 0 Å². The molecule has 1 fully saturated rings. The molecule has 0 saturated carbocycles. The van der Waals surface area contributed by atoms with E-state index in [4.69, 9.17) is 10.5 Å². The van der Waals surface area contributed by atoms with E-state index in [1.54, 1.807) is 23.6 Å². The number of morpholine rings is 1. The molecule has 11 heteroatoms. The number of aromatic nitrogens is 3. The summed E-state index contributed by atoms with van der Waals surface area (Å²) in [6.45, 7) is 5.32. The van der Waals surface area contributed by atoms with Crippen LogP contribution in [0.4, 0.5) is 30.8 Å². The lowest BCUT2D eigenvalue weighted by molar-refractivity contribution is 0.0334. The maximum atomic E-state index is 15.1. The summed E-state index contributed by atoms with van der Waals surface area (Å²) in [6.07, 6.45) is 1.39. The zero-order valence-electron chi connectivity index (χ0n) is 19.6. The predicted octanol–water partition coefficient (Wildman–Crippen LogP) is 4.04. The Morgan fingerprint density at radius 2 is 1.83 bits per heavy atom. The zero-order chi connectivity index (χ0) is 25.2. The molecule has 0 radical (unpaired) electrons. The number of ether oxygens (including phenoxy) is 1. The average Bonchev–Trinajstić information content (AvgIpc) is 3.23. The Kier molecular flexibility index (Phi) is 6.49. The lowest BCUT2D eigenvalue weighted by atomic mass is 10.1. The van der Waals surface area contributed by atoms with Crippen molar-refractivity contribution in [3.8, 4) is 11.1 Å². The molecule has 0 bridgehead atoms. The van der Waals surface area contributed by atoms with Crippen LogP contribution in [-0.2, 0) is 11.3 Å². The van der Waals surface area contributed by atoms with Crippen molar-refractivity contribution >= 4 is 28.7 Å². The summed E-state index contributed by atoms with van der Waals surface area (Å²) >= 11 is 0. The van der Waals surface area contributed by atoms with Gasteiger partial charge in [-0.25, -0.2) is 23.1 Å². The van der Waals surface area contributed by atoms with Crippen LogP contribution in [-0.4, -0.2) is 51.8 Å². The van der Waals surface area contributed by atoms with Crippen molar-refractivity contribution in [2.75, 3.05) is 42.7 Å². The Morgan fingerprint density at radius 3 is 2.61 bits per heavy atom. The van der Waals surface area contributed by atoms with Gasteiger partial charge < -0.3 is 21.1 Å². The van der Waals surface area contributed by atoms with Crippen LogP contribution >= 0.6 is 0 Å². The molecule has 2 aromatic carbocycles. The van der Waals surface area contributed by atoms with E-state index in [1.807, 2.05) is 6.07 Å². The summed E-state index contributed by atoms with van der Waals surface area (Å²) in [6, 6.07) is 9.93. The topological polar surface area (TPSA) is 110 Å². The maximum Gasteiger partial charge on any atom is 0.323 e. The quantitative estimate of drug-likeness (QED) is 0.387. The number of nitrogens with zero attached hydrogens (tertiary/aromatic N) is 4. The number of aryl methyl sites for hydroxylation is 1. The van der Waals surface area contributed by atoms with Crippen molar-refractivity contribution < 1.29 is 18.3 Å². The standard InChI is InChI=1S/C25H25F2N7O2/c1-15-2-4-19(26)22(10-15)32-25(35)31-21-5-3-16(11-20(21)27)18-12-17(13-33-6-8-36-9-7-33)34-23(18)24(28)29-14-30-34/h2-5,10-12,14H,6-9,13H2,1H3,(H2,28,29,30)(H2,31,32,35). The third-order valence-corrected chi connectivity index (χ3v) is 6.04. The molecule has 1 aliphatic rings.